The summed E-state index contributed by atoms with van der Waals surface area (Å²) >= 11 is 3.74. The zero-order chi connectivity index (χ0) is 10.0. The zero-order valence-electron chi connectivity index (χ0n) is 9.37. The van der Waals surface area contributed by atoms with Crippen molar-refractivity contribution < 1.29 is 0 Å². The first-order chi connectivity index (χ1) is 6.77. The third-order valence-corrected chi connectivity index (χ3v) is 13.7. The Labute approximate surface area is 96.5 Å². The van der Waals surface area contributed by atoms with Crippen molar-refractivity contribution in [2.24, 2.45) is 0 Å². The first-order valence-corrected chi connectivity index (χ1v) is 10.7. The summed E-state index contributed by atoms with van der Waals surface area (Å²) in [6.45, 7) is 2.34. The summed E-state index contributed by atoms with van der Waals surface area (Å²) in [7, 11) is 0. The van der Waals surface area contributed by atoms with E-state index in [0.717, 1.165) is 11.3 Å². The molecule has 2 rings (SSSR count). The number of hydrogen-bond acceptors (Lipinski definition) is 0. The van der Waals surface area contributed by atoms with Crippen molar-refractivity contribution in [3.05, 3.63) is 0 Å². The van der Waals surface area contributed by atoms with Crippen molar-refractivity contribution in [2.45, 2.75) is 69.6 Å². The van der Waals surface area contributed by atoms with Gasteiger partial charge >= 0.3 is 96.4 Å². The molecule has 2 heterocycles. The van der Waals surface area contributed by atoms with E-state index < -0.39 is 5.51 Å². The molecule has 2 bridgehead atoms. The summed E-state index contributed by atoms with van der Waals surface area (Å²) in [6.07, 6.45) is 13.7. The van der Waals surface area contributed by atoms with E-state index in [-0.39, 0.29) is 0 Å². The Hall–Kier alpha value is 0.949. The SMILES string of the molecule is CCCCP1(=[Se])C2CCCC1CCC2. The summed E-state index contributed by atoms with van der Waals surface area (Å²) in [4.78, 5) is 0. The predicted molar refractivity (Wildman–Crippen MR) is 67.7 cm³/mol. The maximum absolute atomic E-state index is 3.74. The molecule has 14 heavy (non-hydrogen) atoms. The number of hydrogen-bond donors (Lipinski definition) is 0. The Morgan fingerprint density at radius 3 is 2.00 bits per heavy atom. The Morgan fingerprint density at radius 2 is 1.57 bits per heavy atom. The summed E-state index contributed by atoms with van der Waals surface area (Å²) < 4.78 is 0. The second kappa shape index (κ2) is 4.86. The molecule has 0 aromatic carbocycles. The molecule has 0 spiro atoms. The van der Waals surface area contributed by atoms with Crippen LogP contribution in [0.5, 0.6) is 0 Å². The van der Waals surface area contributed by atoms with Crippen LogP contribution in [0.3, 0.4) is 0 Å². The average molecular weight is 277 g/mol. The molecule has 0 saturated carbocycles. The molecule has 0 amide bonds. The van der Waals surface area contributed by atoms with Crippen LogP contribution in [-0.4, -0.2) is 32.6 Å². The van der Waals surface area contributed by atoms with Crippen molar-refractivity contribution in [3.8, 4) is 0 Å². The van der Waals surface area contributed by atoms with E-state index >= 15 is 0 Å². The van der Waals surface area contributed by atoms with Gasteiger partial charge in [-0.1, -0.05) is 0 Å². The van der Waals surface area contributed by atoms with Crippen LogP contribution < -0.4 is 0 Å². The van der Waals surface area contributed by atoms with Gasteiger partial charge in [0.1, 0.15) is 0 Å². The van der Waals surface area contributed by atoms with Gasteiger partial charge in [-0.15, -0.1) is 0 Å². The van der Waals surface area contributed by atoms with Crippen LogP contribution in [0.2, 0.25) is 0 Å². The molecule has 82 valence electrons. The van der Waals surface area contributed by atoms with E-state index in [4.69, 9.17) is 0 Å². The molecule has 2 heteroatoms. The van der Waals surface area contributed by atoms with Crippen molar-refractivity contribution >= 4 is 20.6 Å². The van der Waals surface area contributed by atoms with Gasteiger partial charge in [-0.25, -0.2) is 0 Å². The standard InChI is InChI=1S/C12H23PSe/c1-2-3-10-13(14)11-6-4-7-12(13)9-5-8-11/h11-12H,2-10H2,1H3. The summed E-state index contributed by atoms with van der Waals surface area (Å²) in [5.74, 6) is 0. The van der Waals surface area contributed by atoms with Crippen LogP contribution in [0.25, 0.3) is 0 Å². The molecule has 2 saturated heterocycles. The van der Waals surface area contributed by atoms with Crippen LogP contribution in [-0.2, 0) is 0 Å². The van der Waals surface area contributed by atoms with Gasteiger partial charge in [0.25, 0.3) is 0 Å². The fourth-order valence-electron chi connectivity index (χ4n) is 3.41. The Bertz CT molecular complexity index is 210. The molecule has 0 atom stereocenters. The summed E-state index contributed by atoms with van der Waals surface area (Å²) in [5.41, 5.74) is 1.66. The summed E-state index contributed by atoms with van der Waals surface area (Å²) in [6, 6.07) is 0. The monoisotopic (exact) mass is 278 g/mol. The van der Waals surface area contributed by atoms with Gasteiger partial charge in [0.2, 0.25) is 0 Å². The molecule has 2 fully saturated rings. The molecule has 0 aromatic rings. The van der Waals surface area contributed by atoms with E-state index in [0.29, 0.717) is 0 Å². The summed E-state index contributed by atoms with van der Waals surface area (Å²) in [5, 5.41) is 0. The molecule has 0 radical (unpaired) electrons. The van der Waals surface area contributed by atoms with Crippen molar-refractivity contribution in [2.75, 3.05) is 6.16 Å². The van der Waals surface area contributed by atoms with Crippen LogP contribution >= 0.6 is 5.51 Å². The normalized spacial score (nSPS) is 42.4. The van der Waals surface area contributed by atoms with Crippen molar-refractivity contribution in [1.82, 2.24) is 0 Å². The van der Waals surface area contributed by atoms with E-state index in [2.05, 4.69) is 22.0 Å². The Balaban J connectivity index is 2.10. The third-order valence-electron chi connectivity index (χ3n) is 4.25. The molecular formula is C12H23PSe. The van der Waals surface area contributed by atoms with E-state index in [1.807, 2.05) is 0 Å². The van der Waals surface area contributed by atoms with Gasteiger partial charge in [-0.2, -0.15) is 0 Å². The van der Waals surface area contributed by atoms with Gasteiger partial charge in [0.15, 0.2) is 0 Å². The molecule has 2 aliphatic heterocycles. The average Bonchev–Trinajstić information content (AvgIpc) is 2.14. The van der Waals surface area contributed by atoms with Crippen LogP contribution in [0, 0.1) is 0 Å². The molecule has 0 nitrogen and oxygen atoms in total. The van der Waals surface area contributed by atoms with Gasteiger partial charge in [-0.05, 0) is 0 Å². The first-order valence-electron chi connectivity index (χ1n) is 6.36. The minimum absolute atomic E-state index is 0.619. The zero-order valence-corrected chi connectivity index (χ0v) is 12.0. The third kappa shape index (κ3) is 2.06. The molecule has 0 unspecified atom stereocenters. The number of unbranched alkanes of at least 4 members (excludes halogenated alkanes) is 1. The van der Waals surface area contributed by atoms with Gasteiger partial charge in [0.05, 0.1) is 0 Å². The van der Waals surface area contributed by atoms with Gasteiger partial charge in [-0.3, -0.25) is 0 Å². The molecular weight excluding hydrogens is 254 g/mol. The van der Waals surface area contributed by atoms with Crippen molar-refractivity contribution in [3.63, 3.8) is 0 Å². The number of fused-ring (bicyclic) bond motifs is 2. The topological polar surface area (TPSA) is 0 Å². The quantitative estimate of drug-likeness (QED) is 0.540. The van der Waals surface area contributed by atoms with E-state index in [1.165, 1.54) is 25.7 Å². The van der Waals surface area contributed by atoms with Gasteiger partial charge < -0.3 is 0 Å². The fourth-order valence-corrected chi connectivity index (χ4v) is 11.5. The maximum atomic E-state index is 3.74. The van der Waals surface area contributed by atoms with E-state index in [9.17, 15) is 0 Å². The van der Waals surface area contributed by atoms with Crippen molar-refractivity contribution in [1.29, 1.82) is 0 Å². The van der Waals surface area contributed by atoms with Crippen LogP contribution in [0.15, 0.2) is 0 Å². The molecule has 2 aliphatic rings. The number of rotatable bonds is 3. The van der Waals surface area contributed by atoms with E-state index in [1.54, 1.807) is 31.8 Å². The first kappa shape index (κ1) is 11.4. The fraction of sp³-hybridized carbons (Fsp3) is 1.00. The second-order valence-corrected chi connectivity index (χ2v) is 13.0. The molecule has 0 aromatic heterocycles. The molecule has 0 N–H and O–H groups in total. The predicted octanol–water partition coefficient (Wildman–Crippen LogP) is 3.99. The second-order valence-electron chi connectivity index (χ2n) is 5.10. The Morgan fingerprint density at radius 1 is 1.07 bits per heavy atom. The Kier molecular flexibility index (Phi) is 3.97. The van der Waals surface area contributed by atoms with Crippen LogP contribution in [0.4, 0.5) is 0 Å². The molecule has 0 aliphatic carbocycles. The van der Waals surface area contributed by atoms with Crippen LogP contribution in [0.1, 0.15) is 58.3 Å². The van der Waals surface area contributed by atoms with Gasteiger partial charge in [0, 0.05) is 0 Å². The minimum atomic E-state index is -0.619.